The number of hydrogen-bond acceptors (Lipinski definition) is 3. The van der Waals surface area contributed by atoms with Gasteiger partial charge in [-0.1, -0.05) is 0 Å². The van der Waals surface area contributed by atoms with Crippen molar-refractivity contribution in [2.45, 2.75) is 59.0 Å². The highest BCUT2D eigenvalue weighted by atomic mass is 16.1. The van der Waals surface area contributed by atoms with E-state index in [0.29, 0.717) is 12.2 Å². The van der Waals surface area contributed by atoms with Gasteiger partial charge in [-0.15, -0.1) is 0 Å². The van der Waals surface area contributed by atoms with Crippen LogP contribution in [0.1, 0.15) is 49.9 Å². The van der Waals surface area contributed by atoms with Crippen LogP contribution in [-0.4, -0.2) is 25.2 Å². The van der Waals surface area contributed by atoms with E-state index in [2.05, 4.69) is 33.8 Å². The lowest BCUT2D eigenvalue weighted by Crippen LogP contribution is -2.15. The molecule has 2 aromatic heterocycles. The fourth-order valence-corrected chi connectivity index (χ4v) is 2.98. The van der Waals surface area contributed by atoms with Crippen molar-refractivity contribution in [1.82, 2.24) is 19.3 Å². The molecule has 118 valence electrons. The number of carbonyl (C=O) groups excluding carboxylic acids is 1. The van der Waals surface area contributed by atoms with Crippen molar-refractivity contribution in [3.63, 3.8) is 0 Å². The molecule has 0 saturated heterocycles. The summed E-state index contributed by atoms with van der Waals surface area (Å²) in [6.07, 6.45) is 5.70. The van der Waals surface area contributed by atoms with E-state index < -0.39 is 0 Å². The van der Waals surface area contributed by atoms with Crippen molar-refractivity contribution >= 4 is 11.7 Å². The zero-order valence-electron chi connectivity index (χ0n) is 13.5. The number of hydrogen-bond donors (Lipinski definition) is 1. The van der Waals surface area contributed by atoms with E-state index in [1.165, 1.54) is 12.8 Å². The van der Waals surface area contributed by atoms with Crippen LogP contribution in [0.3, 0.4) is 0 Å². The number of imidazole rings is 1. The SMILES string of the molecule is Cc1cc(NC(=O)Cc2cn3c(n2)CCCC3)nn1C(C)C. The van der Waals surface area contributed by atoms with Crippen molar-refractivity contribution in [2.75, 3.05) is 5.32 Å². The van der Waals surface area contributed by atoms with Gasteiger partial charge in [-0.25, -0.2) is 4.98 Å². The predicted molar refractivity (Wildman–Crippen MR) is 84.8 cm³/mol. The smallest absolute Gasteiger partial charge is 0.231 e. The third kappa shape index (κ3) is 3.05. The molecule has 0 bridgehead atoms. The topological polar surface area (TPSA) is 64.7 Å². The minimum Gasteiger partial charge on any atom is -0.335 e. The lowest BCUT2D eigenvalue weighted by molar-refractivity contribution is -0.115. The number of rotatable bonds is 4. The van der Waals surface area contributed by atoms with Crippen molar-refractivity contribution < 1.29 is 4.79 Å². The Morgan fingerprint density at radius 2 is 2.23 bits per heavy atom. The van der Waals surface area contributed by atoms with Crippen LogP contribution in [0, 0.1) is 6.92 Å². The number of anilines is 1. The molecule has 0 atom stereocenters. The molecule has 0 saturated carbocycles. The summed E-state index contributed by atoms with van der Waals surface area (Å²) in [6, 6.07) is 2.18. The molecular weight excluding hydrogens is 278 g/mol. The Morgan fingerprint density at radius 3 is 2.91 bits per heavy atom. The van der Waals surface area contributed by atoms with E-state index in [9.17, 15) is 4.79 Å². The molecule has 1 aliphatic rings. The summed E-state index contributed by atoms with van der Waals surface area (Å²) >= 11 is 0. The second-order valence-electron chi connectivity index (χ2n) is 6.23. The molecule has 22 heavy (non-hydrogen) atoms. The van der Waals surface area contributed by atoms with Gasteiger partial charge < -0.3 is 9.88 Å². The Balaban J connectivity index is 1.65. The van der Waals surface area contributed by atoms with Crippen LogP contribution in [0.4, 0.5) is 5.82 Å². The Bertz CT molecular complexity index is 653. The Morgan fingerprint density at radius 1 is 1.41 bits per heavy atom. The van der Waals surface area contributed by atoms with E-state index in [1.54, 1.807) is 0 Å². The molecule has 0 fully saturated rings. The third-order valence-corrected chi connectivity index (χ3v) is 3.98. The molecule has 0 aromatic carbocycles. The van der Waals surface area contributed by atoms with Crippen molar-refractivity contribution in [3.8, 4) is 0 Å². The molecule has 3 heterocycles. The van der Waals surface area contributed by atoms with E-state index in [1.807, 2.05) is 23.9 Å². The lowest BCUT2D eigenvalue weighted by Gasteiger charge is -2.11. The summed E-state index contributed by atoms with van der Waals surface area (Å²) in [5.41, 5.74) is 1.89. The van der Waals surface area contributed by atoms with Gasteiger partial charge in [0.15, 0.2) is 5.82 Å². The maximum absolute atomic E-state index is 12.2. The average molecular weight is 301 g/mol. The van der Waals surface area contributed by atoms with Crippen molar-refractivity contribution in [3.05, 3.63) is 29.5 Å². The molecule has 0 radical (unpaired) electrons. The van der Waals surface area contributed by atoms with E-state index in [4.69, 9.17) is 0 Å². The first kappa shape index (κ1) is 14.8. The number of nitrogens with one attached hydrogen (secondary N) is 1. The minimum atomic E-state index is -0.0659. The zero-order valence-corrected chi connectivity index (χ0v) is 13.5. The molecule has 1 aliphatic heterocycles. The van der Waals surface area contributed by atoms with Gasteiger partial charge in [0, 0.05) is 37.0 Å². The third-order valence-electron chi connectivity index (χ3n) is 3.98. The van der Waals surface area contributed by atoms with E-state index in [0.717, 1.165) is 30.2 Å². The Hall–Kier alpha value is -2.11. The maximum atomic E-state index is 12.2. The number of amides is 1. The van der Waals surface area contributed by atoms with Crippen LogP contribution in [0.25, 0.3) is 0 Å². The monoisotopic (exact) mass is 301 g/mol. The number of fused-ring (bicyclic) bond motifs is 1. The first-order chi connectivity index (χ1) is 10.5. The van der Waals surface area contributed by atoms with E-state index in [-0.39, 0.29) is 11.9 Å². The van der Waals surface area contributed by atoms with Gasteiger partial charge in [-0.2, -0.15) is 5.10 Å². The predicted octanol–water partition coefficient (Wildman–Crippen LogP) is 2.49. The molecule has 1 amide bonds. The number of nitrogens with zero attached hydrogens (tertiary/aromatic N) is 4. The molecule has 1 N–H and O–H groups in total. The van der Waals surface area contributed by atoms with Crippen LogP contribution < -0.4 is 5.32 Å². The normalized spacial score (nSPS) is 14.2. The summed E-state index contributed by atoms with van der Waals surface area (Å²) < 4.78 is 4.08. The number of carbonyl (C=O) groups is 1. The number of aryl methyl sites for hydroxylation is 3. The Labute approximate surface area is 130 Å². The fourth-order valence-electron chi connectivity index (χ4n) is 2.98. The molecule has 6 nitrogen and oxygen atoms in total. The van der Waals surface area contributed by atoms with Gasteiger partial charge in [-0.3, -0.25) is 9.48 Å². The van der Waals surface area contributed by atoms with Gasteiger partial charge >= 0.3 is 0 Å². The summed E-state index contributed by atoms with van der Waals surface area (Å²) in [5.74, 6) is 1.65. The van der Waals surface area contributed by atoms with Crippen LogP contribution in [0.2, 0.25) is 0 Å². The van der Waals surface area contributed by atoms with Gasteiger partial charge in [0.25, 0.3) is 0 Å². The molecule has 6 heteroatoms. The first-order valence-corrected chi connectivity index (χ1v) is 7.94. The molecule has 0 unspecified atom stereocenters. The van der Waals surface area contributed by atoms with Crippen LogP contribution in [0.15, 0.2) is 12.3 Å². The quantitative estimate of drug-likeness (QED) is 0.943. The van der Waals surface area contributed by atoms with Gasteiger partial charge in [0.1, 0.15) is 5.82 Å². The van der Waals surface area contributed by atoms with Crippen molar-refractivity contribution in [1.29, 1.82) is 0 Å². The fraction of sp³-hybridized carbons (Fsp3) is 0.562. The van der Waals surface area contributed by atoms with Crippen LogP contribution >= 0.6 is 0 Å². The van der Waals surface area contributed by atoms with Gasteiger partial charge in [0.05, 0.1) is 12.1 Å². The zero-order chi connectivity index (χ0) is 15.7. The average Bonchev–Trinajstić information content (AvgIpc) is 3.01. The largest absolute Gasteiger partial charge is 0.335 e. The summed E-state index contributed by atoms with van der Waals surface area (Å²) in [7, 11) is 0. The summed E-state index contributed by atoms with van der Waals surface area (Å²) in [5, 5.41) is 7.28. The highest BCUT2D eigenvalue weighted by Crippen LogP contribution is 2.16. The summed E-state index contributed by atoms with van der Waals surface area (Å²) in [6.45, 7) is 7.15. The lowest BCUT2D eigenvalue weighted by atomic mass is 10.2. The molecular formula is C16H23N5O. The molecule has 0 spiro atoms. The molecule has 3 rings (SSSR count). The van der Waals surface area contributed by atoms with Gasteiger partial charge in [0.2, 0.25) is 5.91 Å². The van der Waals surface area contributed by atoms with Crippen LogP contribution in [-0.2, 0) is 24.2 Å². The molecule has 2 aromatic rings. The van der Waals surface area contributed by atoms with E-state index >= 15 is 0 Å². The van der Waals surface area contributed by atoms with Crippen molar-refractivity contribution in [2.24, 2.45) is 0 Å². The first-order valence-electron chi connectivity index (χ1n) is 7.94. The second kappa shape index (κ2) is 5.94. The minimum absolute atomic E-state index is 0.0659. The second-order valence-corrected chi connectivity index (χ2v) is 6.23. The van der Waals surface area contributed by atoms with Crippen LogP contribution in [0.5, 0.6) is 0 Å². The summed E-state index contributed by atoms with van der Waals surface area (Å²) in [4.78, 5) is 16.7. The van der Waals surface area contributed by atoms with Gasteiger partial charge in [-0.05, 0) is 33.6 Å². The molecule has 0 aliphatic carbocycles. The highest BCUT2D eigenvalue weighted by molar-refractivity contribution is 5.91. The maximum Gasteiger partial charge on any atom is 0.231 e. The Kier molecular flexibility index (Phi) is 4.00. The highest BCUT2D eigenvalue weighted by Gasteiger charge is 2.15. The standard InChI is InChI=1S/C16H23N5O/c1-11(2)21-12(3)8-14(19-21)18-16(22)9-13-10-20-7-5-4-6-15(20)17-13/h8,10-11H,4-7,9H2,1-3H3,(H,18,19,22). The number of aromatic nitrogens is 4.